The summed E-state index contributed by atoms with van der Waals surface area (Å²) in [6.45, 7) is 4.45. The van der Waals surface area contributed by atoms with Crippen molar-refractivity contribution in [1.82, 2.24) is 4.90 Å². The molecule has 1 aliphatic heterocycles. The Balaban J connectivity index is 1.90. The molecule has 0 N–H and O–H groups in total. The average molecular weight is 296 g/mol. The Bertz CT molecular complexity index is 433. The third kappa shape index (κ3) is 3.89. The number of benzene rings is 1. The van der Waals surface area contributed by atoms with Crippen molar-refractivity contribution in [1.29, 1.82) is 0 Å². The van der Waals surface area contributed by atoms with E-state index >= 15 is 0 Å². The van der Waals surface area contributed by atoms with Gasteiger partial charge in [0.1, 0.15) is 5.75 Å². The zero-order valence-corrected chi connectivity index (χ0v) is 12.7. The largest absolute Gasteiger partial charge is 0.494 e. The Morgan fingerprint density at radius 1 is 1.40 bits per heavy atom. The number of hydrogen-bond acceptors (Lipinski definition) is 2. The standard InChI is InChI=1S/C16H22ClNO2/c1-2-3-10-20-15-6-4-14(5-7-15)16(19)18-9-8-13(11-17)12-18/h4-7,13H,2-3,8-12H2,1H3. The molecule has 110 valence electrons. The fourth-order valence-electron chi connectivity index (χ4n) is 2.35. The predicted octanol–water partition coefficient (Wildman–Crippen LogP) is 3.57. The van der Waals surface area contributed by atoms with E-state index in [1.54, 1.807) is 0 Å². The molecule has 20 heavy (non-hydrogen) atoms. The lowest BCUT2D eigenvalue weighted by Crippen LogP contribution is -2.28. The highest BCUT2D eigenvalue weighted by Gasteiger charge is 2.26. The number of nitrogens with zero attached hydrogens (tertiary/aromatic N) is 1. The molecule has 1 aromatic rings. The van der Waals surface area contributed by atoms with E-state index in [4.69, 9.17) is 16.3 Å². The van der Waals surface area contributed by atoms with E-state index in [2.05, 4.69) is 6.92 Å². The second kappa shape index (κ2) is 7.53. The smallest absolute Gasteiger partial charge is 0.253 e. The van der Waals surface area contributed by atoms with Crippen LogP contribution in [0.1, 0.15) is 36.5 Å². The molecule has 0 spiro atoms. The quantitative estimate of drug-likeness (QED) is 0.593. The Kier molecular flexibility index (Phi) is 5.72. The van der Waals surface area contributed by atoms with Gasteiger partial charge in [0.2, 0.25) is 0 Å². The fraction of sp³-hybridized carbons (Fsp3) is 0.562. The van der Waals surface area contributed by atoms with Crippen molar-refractivity contribution < 1.29 is 9.53 Å². The minimum Gasteiger partial charge on any atom is -0.494 e. The summed E-state index contributed by atoms with van der Waals surface area (Å²) >= 11 is 5.85. The summed E-state index contributed by atoms with van der Waals surface area (Å²) in [5.41, 5.74) is 0.725. The minimum atomic E-state index is 0.0951. The normalized spacial score (nSPS) is 18.3. The van der Waals surface area contributed by atoms with Gasteiger partial charge < -0.3 is 9.64 Å². The second-order valence-electron chi connectivity index (χ2n) is 5.29. The first-order valence-corrected chi connectivity index (χ1v) is 7.86. The van der Waals surface area contributed by atoms with Crippen LogP contribution in [0.4, 0.5) is 0 Å². The van der Waals surface area contributed by atoms with Gasteiger partial charge in [-0.25, -0.2) is 0 Å². The molecule has 2 rings (SSSR count). The summed E-state index contributed by atoms with van der Waals surface area (Å²) in [4.78, 5) is 14.2. The molecule has 4 heteroatoms. The molecule has 3 nitrogen and oxygen atoms in total. The van der Waals surface area contributed by atoms with E-state index in [1.807, 2.05) is 29.2 Å². The molecule has 1 saturated heterocycles. The summed E-state index contributed by atoms with van der Waals surface area (Å²) in [5, 5.41) is 0. The molecule has 0 aliphatic carbocycles. The van der Waals surface area contributed by atoms with Crippen LogP contribution < -0.4 is 4.74 Å². The van der Waals surface area contributed by atoms with Gasteiger partial charge in [0.05, 0.1) is 6.61 Å². The van der Waals surface area contributed by atoms with Gasteiger partial charge in [0.15, 0.2) is 0 Å². The number of rotatable bonds is 6. The highest BCUT2D eigenvalue weighted by molar-refractivity contribution is 6.18. The van der Waals surface area contributed by atoms with Crippen molar-refractivity contribution in [2.45, 2.75) is 26.2 Å². The van der Waals surface area contributed by atoms with Crippen molar-refractivity contribution in [2.24, 2.45) is 5.92 Å². The number of amides is 1. The van der Waals surface area contributed by atoms with Crippen LogP contribution in [0.25, 0.3) is 0 Å². The molecule has 1 aromatic carbocycles. The monoisotopic (exact) mass is 295 g/mol. The van der Waals surface area contributed by atoms with Crippen LogP contribution in [0.15, 0.2) is 24.3 Å². The maximum atomic E-state index is 12.3. The molecular formula is C16H22ClNO2. The Labute approximate surface area is 125 Å². The topological polar surface area (TPSA) is 29.5 Å². The summed E-state index contributed by atoms with van der Waals surface area (Å²) in [6.07, 6.45) is 3.18. The fourth-order valence-corrected chi connectivity index (χ4v) is 2.61. The van der Waals surface area contributed by atoms with Crippen LogP contribution >= 0.6 is 11.6 Å². The van der Waals surface area contributed by atoms with E-state index in [1.165, 1.54) is 0 Å². The molecule has 0 saturated carbocycles. The van der Waals surface area contributed by atoms with Crippen molar-refractivity contribution in [3.63, 3.8) is 0 Å². The summed E-state index contributed by atoms with van der Waals surface area (Å²) in [7, 11) is 0. The van der Waals surface area contributed by atoms with Gasteiger partial charge in [-0.15, -0.1) is 11.6 Å². The van der Waals surface area contributed by atoms with Crippen LogP contribution in [-0.2, 0) is 0 Å². The second-order valence-corrected chi connectivity index (χ2v) is 5.60. The van der Waals surface area contributed by atoms with Crippen molar-refractivity contribution in [3.8, 4) is 5.75 Å². The summed E-state index contributed by atoms with van der Waals surface area (Å²) in [5.74, 6) is 2.00. The van der Waals surface area contributed by atoms with E-state index in [9.17, 15) is 4.79 Å². The number of unbranched alkanes of at least 4 members (excludes halogenated alkanes) is 1. The number of carbonyl (C=O) groups excluding carboxylic acids is 1. The summed E-state index contributed by atoms with van der Waals surface area (Å²) < 4.78 is 5.60. The third-order valence-corrected chi connectivity index (χ3v) is 4.10. The minimum absolute atomic E-state index is 0.0951. The van der Waals surface area contributed by atoms with Gasteiger partial charge in [-0.1, -0.05) is 13.3 Å². The third-order valence-electron chi connectivity index (χ3n) is 3.66. The maximum absolute atomic E-state index is 12.3. The maximum Gasteiger partial charge on any atom is 0.253 e. The van der Waals surface area contributed by atoms with Crippen LogP contribution in [0, 0.1) is 5.92 Å². The van der Waals surface area contributed by atoms with Gasteiger partial charge in [-0.3, -0.25) is 4.79 Å². The van der Waals surface area contributed by atoms with Crippen LogP contribution in [0.5, 0.6) is 5.75 Å². The number of carbonyl (C=O) groups is 1. The Morgan fingerprint density at radius 2 is 2.15 bits per heavy atom. The molecular weight excluding hydrogens is 274 g/mol. The number of alkyl halides is 1. The van der Waals surface area contributed by atoms with Gasteiger partial charge >= 0.3 is 0 Å². The lowest BCUT2D eigenvalue weighted by Gasteiger charge is -2.16. The number of ether oxygens (including phenoxy) is 1. The van der Waals surface area contributed by atoms with Crippen LogP contribution in [-0.4, -0.2) is 36.4 Å². The van der Waals surface area contributed by atoms with Gasteiger partial charge in [-0.05, 0) is 43.0 Å². The molecule has 1 aliphatic rings. The molecule has 0 bridgehead atoms. The van der Waals surface area contributed by atoms with Crippen LogP contribution in [0.3, 0.4) is 0 Å². The van der Waals surface area contributed by atoms with E-state index in [-0.39, 0.29) is 5.91 Å². The lowest BCUT2D eigenvalue weighted by molar-refractivity contribution is 0.0788. The van der Waals surface area contributed by atoms with Gasteiger partial charge in [-0.2, -0.15) is 0 Å². The highest BCUT2D eigenvalue weighted by Crippen LogP contribution is 2.21. The van der Waals surface area contributed by atoms with Crippen molar-refractivity contribution in [2.75, 3.05) is 25.6 Å². The van der Waals surface area contributed by atoms with Gasteiger partial charge in [0.25, 0.3) is 5.91 Å². The zero-order valence-electron chi connectivity index (χ0n) is 12.0. The number of hydrogen-bond donors (Lipinski definition) is 0. The van der Waals surface area contributed by atoms with Crippen molar-refractivity contribution in [3.05, 3.63) is 29.8 Å². The number of halogens is 1. The Hall–Kier alpha value is -1.22. The van der Waals surface area contributed by atoms with Crippen LogP contribution in [0.2, 0.25) is 0 Å². The number of likely N-dealkylation sites (tertiary alicyclic amines) is 1. The Morgan fingerprint density at radius 3 is 2.75 bits per heavy atom. The molecule has 0 radical (unpaired) electrons. The summed E-state index contributed by atoms with van der Waals surface area (Å²) in [6, 6.07) is 7.44. The lowest BCUT2D eigenvalue weighted by atomic mass is 10.1. The average Bonchev–Trinajstić information content (AvgIpc) is 2.96. The molecule has 1 atom stereocenters. The molecule has 1 fully saturated rings. The molecule has 1 amide bonds. The molecule has 0 aromatic heterocycles. The SMILES string of the molecule is CCCCOc1ccc(C(=O)N2CCC(CCl)C2)cc1. The van der Waals surface area contributed by atoms with E-state index in [0.717, 1.165) is 50.3 Å². The van der Waals surface area contributed by atoms with E-state index < -0.39 is 0 Å². The van der Waals surface area contributed by atoms with Crippen molar-refractivity contribution >= 4 is 17.5 Å². The zero-order chi connectivity index (χ0) is 14.4. The first-order valence-electron chi connectivity index (χ1n) is 7.32. The highest BCUT2D eigenvalue weighted by atomic mass is 35.5. The van der Waals surface area contributed by atoms with E-state index in [0.29, 0.717) is 11.8 Å². The van der Waals surface area contributed by atoms with Gasteiger partial charge in [0, 0.05) is 24.5 Å². The molecule has 1 unspecified atom stereocenters. The predicted molar refractivity (Wildman–Crippen MR) is 81.6 cm³/mol. The first-order chi connectivity index (χ1) is 9.74. The molecule has 1 heterocycles. The first kappa shape index (κ1) is 15.2.